The van der Waals surface area contributed by atoms with Gasteiger partial charge < -0.3 is 9.80 Å². The van der Waals surface area contributed by atoms with Gasteiger partial charge in [0.1, 0.15) is 0 Å². The molecule has 2 N–H and O–H groups in total. The molecule has 0 unspecified atom stereocenters. The number of carbonyl (C=O) groups is 2. The number of amides is 2. The SMILES string of the molecule is NS(=O)(=O)N1CCC(C(=O)N2CCN(C(=O)C(c3ccccc3)c3ccccc3)CC2)CC1. The molecule has 176 valence electrons. The number of benzene rings is 2. The summed E-state index contributed by atoms with van der Waals surface area (Å²) in [5, 5.41) is 5.19. The van der Waals surface area contributed by atoms with E-state index in [0.717, 1.165) is 11.1 Å². The summed E-state index contributed by atoms with van der Waals surface area (Å²) < 4.78 is 24.2. The normalized spacial score (nSPS) is 18.5. The molecule has 0 aromatic heterocycles. The molecule has 0 atom stereocenters. The van der Waals surface area contributed by atoms with Crippen molar-refractivity contribution in [1.29, 1.82) is 0 Å². The van der Waals surface area contributed by atoms with Gasteiger partial charge in [0.25, 0.3) is 10.2 Å². The molecule has 2 heterocycles. The summed E-state index contributed by atoms with van der Waals surface area (Å²) in [4.78, 5) is 30.2. The average molecular weight is 471 g/mol. The van der Waals surface area contributed by atoms with Crippen molar-refractivity contribution in [3.63, 3.8) is 0 Å². The van der Waals surface area contributed by atoms with Crippen LogP contribution < -0.4 is 5.14 Å². The molecule has 4 rings (SSSR count). The second kappa shape index (κ2) is 10.0. The molecular formula is C24H30N4O4S. The third-order valence-corrected chi connectivity index (χ3v) is 7.66. The topological polar surface area (TPSA) is 104 Å². The summed E-state index contributed by atoms with van der Waals surface area (Å²) in [6, 6.07) is 19.5. The molecule has 0 saturated carbocycles. The smallest absolute Gasteiger partial charge is 0.276 e. The van der Waals surface area contributed by atoms with Gasteiger partial charge in [-0.15, -0.1) is 0 Å². The van der Waals surface area contributed by atoms with Gasteiger partial charge in [0.05, 0.1) is 5.92 Å². The van der Waals surface area contributed by atoms with Crippen molar-refractivity contribution in [3.8, 4) is 0 Å². The van der Waals surface area contributed by atoms with Crippen LogP contribution in [-0.4, -0.2) is 73.6 Å². The van der Waals surface area contributed by atoms with Gasteiger partial charge in [-0.2, -0.15) is 12.7 Å². The van der Waals surface area contributed by atoms with Crippen LogP contribution in [-0.2, 0) is 19.8 Å². The maximum Gasteiger partial charge on any atom is 0.276 e. The number of piperazine rings is 1. The van der Waals surface area contributed by atoms with Crippen LogP contribution in [0.25, 0.3) is 0 Å². The Kier molecular flexibility index (Phi) is 7.11. The standard InChI is InChI=1S/C24H30N4O4S/c25-33(31,32)28-13-11-21(12-14-28)23(29)26-15-17-27(18-16-26)24(30)22(19-7-3-1-4-8-19)20-9-5-2-6-10-20/h1-10,21-22H,11-18H2,(H2,25,31,32). The molecule has 2 aliphatic heterocycles. The highest BCUT2D eigenvalue weighted by Crippen LogP contribution is 2.28. The van der Waals surface area contributed by atoms with E-state index in [2.05, 4.69) is 0 Å². The molecule has 2 aromatic rings. The Balaban J connectivity index is 1.38. The van der Waals surface area contributed by atoms with E-state index in [1.165, 1.54) is 4.31 Å². The van der Waals surface area contributed by atoms with Crippen LogP contribution in [0.2, 0.25) is 0 Å². The van der Waals surface area contributed by atoms with E-state index in [1.54, 1.807) is 4.90 Å². The Hall–Kier alpha value is -2.75. The fourth-order valence-corrected chi connectivity index (χ4v) is 5.43. The Morgan fingerprint density at radius 1 is 0.758 bits per heavy atom. The zero-order valence-electron chi connectivity index (χ0n) is 18.5. The molecule has 2 saturated heterocycles. The van der Waals surface area contributed by atoms with Gasteiger partial charge in [-0.25, -0.2) is 5.14 Å². The lowest BCUT2D eigenvalue weighted by Crippen LogP contribution is -2.54. The predicted molar refractivity (Wildman–Crippen MR) is 125 cm³/mol. The van der Waals surface area contributed by atoms with E-state index in [1.807, 2.05) is 65.6 Å². The van der Waals surface area contributed by atoms with Gasteiger partial charge in [0.2, 0.25) is 11.8 Å². The largest absolute Gasteiger partial charge is 0.339 e. The Labute approximate surface area is 195 Å². The predicted octanol–water partition coefficient (Wildman–Crippen LogP) is 1.40. The van der Waals surface area contributed by atoms with Crippen molar-refractivity contribution in [2.24, 2.45) is 11.1 Å². The van der Waals surface area contributed by atoms with Crippen molar-refractivity contribution in [2.75, 3.05) is 39.3 Å². The van der Waals surface area contributed by atoms with E-state index in [4.69, 9.17) is 5.14 Å². The van der Waals surface area contributed by atoms with Crippen molar-refractivity contribution in [2.45, 2.75) is 18.8 Å². The minimum Gasteiger partial charge on any atom is -0.339 e. The first-order valence-corrected chi connectivity index (χ1v) is 12.8. The van der Waals surface area contributed by atoms with Gasteiger partial charge in [0, 0.05) is 45.2 Å². The van der Waals surface area contributed by atoms with E-state index in [-0.39, 0.29) is 36.7 Å². The second-order valence-corrected chi connectivity index (χ2v) is 10.2. The molecule has 33 heavy (non-hydrogen) atoms. The van der Waals surface area contributed by atoms with Crippen molar-refractivity contribution < 1.29 is 18.0 Å². The Bertz CT molecular complexity index is 1020. The molecule has 0 spiro atoms. The molecule has 0 aliphatic carbocycles. The lowest BCUT2D eigenvalue weighted by molar-refractivity contribution is -0.143. The minimum atomic E-state index is -3.71. The fourth-order valence-electron chi connectivity index (χ4n) is 4.71. The summed E-state index contributed by atoms with van der Waals surface area (Å²) in [6.45, 7) is 2.47. The van der Waals surface area contributed by atoms with Crippen molar-refractivity contribution in [3.05, 3.63) is 71.8 Å². The zero-order chi connectivity index (χ0) is 23.4. The minimum absolute atomic E-state index is 0.0406. The molecule has 2 fully saturated rings. The van der Waals surface area contributed by atoms with Gasteiger partial charge in [-0.3, -0.25) is 9.59 Å². The number of rotatable bonds is 5. The summed E-state index contributed by atoms with van der Waals surface area (Å²) in [7, 11) is -3.71. The molecule has 2 amide bonds. The van der Waals surface area contributed by atoms with E-state index < -0.39 is 10.2 Å². The first-order valence-electron chi connectivity index (χ1n) is 11.3. The summed E-state index contributed by atoms with van der Waals surface area (Å²) in [5.41, 5.74) is 1.91. The van der Waals surface area contributed by atoms with Crippen LogP contribution in [0, 0.1) is 5.92 Å². The highest BCUT2D eigenvalue weighted by Gasteiger charge is 2.35. The first-order chi connectivity index (χ1) is 15.8. The number of hydrogen-bond donors (Lipinski definition) is 1. The monoisotopic (exact) mass is 470 g/mol. The first kappa shape index (κ1) is 23.4. The highest BCUT2D eigenvalue weighted by molar-refractivity contribution is 7.86. The number of carbonyl (C=O) groups excluding carboxylic acids is 2. The summed E-state index contributed by atoms with van der Waals surface area (Å²) in [5.74, 6) is -0.497. The maximum atomic E-state index is 13.6. The summed E-state index contributed by atoms with van der Waals surface area (Å²) in [6.07, 6.45) is 0.941. The molecule has 0 bridgehead atoms. The second-order valence-electron chi connectivity index (χ2n) is 8.62. The Morgan fingerprint density at radius 2 is 1.21 bits per heavy atom. The molecule has 2 aliphatic rings. The van der Waals surface area contributed by atoms with Crippen LogP contribution >= 0.6 is 0 Å². The summed E-state index contributed by atoms with van der Waals surface area (Å²) >= 11 is 0. The molecular weight excluding hydrogens is 440 g/mol. The van der Waals surface area contributed by atoms with E-state index >= 15 is 0 Å². The van der Waals surface area contributed by atoms with Gasteiger partial charge in [-0.05, 0) is 24.0 Å². The third-order valence-electron chi connectivity index (χ3n) is 6.58. The third kappa shape index (κ3) is 5.43. The highest BCUT2D eigenvalue weighted by atomic mass is 32.2. The van der Waals surface area contributed by atoms with Crippen LogP contribution in [0.5, 0.6) is 0 Å². The maximum absolute atomic E-state index is 13.6. The average Bonchev–Trinajstić information content (AvgIpc) is 2.85. The van der Waals surface area contributed by atoms with Crippen LogP contribution in [0.4, 0.5) is 0 Å². The Morgan fingerprint density at radius 3 is 1.67 bits per heavy atom. The zero-order valence-corrected chi connectivity index (χ0v) is 19.4. The van der Waals surface area contributed by atoms with Crippen LogP contribution in [0.1, 0.15) is 29.9 Å². The number of nitrogens with zero attached hydrogens (tertiary/aromatic N) is 3. The lowest BCUT2D eigenvalue weighted by Gasteiger charge is -2.39. The van der Waals surface area contributed by atoms with E-state index in [9.17, 15) is 18.0 Å². The molecule has 8 nitrogen and oxygen atoms in total. The molecule has 0 radical (unpaired) electrons. The number of piperidine rings is 1. The fraction of sp³-hybridized carbons (Fsp3) is 0.417. The molecule has 9 heteroatoms. The van der Waals surface area contributed by atoms with Crippen molar-refractivity contribution >= 4 is 22.0 Å². The van der Waals surface area contributed by atoms with E-state index in [0.29, 0.717) is 39.0 Å². The van der Waals surface area contributed by atoms with Gasteiger partial charge >= 0.3 is 0 Å². The van der Waals surface area contributed by atoms with Crippen LogP contribution in [0.15, 0.2) is 60.7 Å². The van der Waals surface area contributed by atoms with Gasteiger partial charge in [-0.1, -0.05) is 60.7 Å². The number of hydrogen-bond acceptors (Lipinski definition) is 4. The number of nitrogens with two attached hydrogens (primary N) is 1. The van der Waals surface area contributed by atoms with Crippen LogP contribution in [0.3, 0.4) is 0 Å². The molecule has 2 aromatic carbocycles. The lowest BCUT2D eigenvalue weighted by atomic mass is 9.89. The quantitative estimate of drug-likeness (QED) is 0.713. The van der Waals surface area contributed by atoms with Crippen molar-refractivity contribution in [1.82, 2.24) is 14.1 Å². The van der Waals surface area contributed by atoms with Gasteiger partial charge in [0.15, 0.2) is 0 Å².